The summed E-state index contributed by atoms with van der Waals surface area (Å²) >= 11 is 0. The highest BCUT2D eigenvalue weighted by Gasteiger charge is 2.53. The smallest absolute Gasteiger partial charge is 0.0124 e. The first kappa shape index (κ1) is 12.7. The summed E-state index contributed by atoms with van der Waals surface area (Å²) in [5.74, 6) is 3.20. The van der Waals surface area contributed by atoms with Gasteiger partial charge in [-0.05, 0) is 88.5 Å². The molecule has 0 aliphatic heterocycles. The molecular formula is C17H29N. The summed E-state index contributed by atoms with van der Waals surface area (Å²) in [5.41, 5.74) is 2.00. The van der Waals surface area contributed by atoms with E-state index in [1.54, 1.807) is 19.3 Å². The van der Waals surface area contributed by atoms with E-state index < -0.39 is 0 Å². The first-order chi connectivity index (χ1) is 8.61. The SMILES string of the molecule is C=C(C)CCC(NC)C12CC3CC(CC(C3)C1)C2. The topological polar surface area (TPSA) is 12.0 Å². The van der Waals surface area contributed by atoms with Crippen molar-refractivity contribution in [3.63, 3.8) is 0 Å². The minimum Gasteiger partial charge on any atom is -0.316 e. The van der Waals surface area contributed by atoms with Crippen LogP contribution in [0.1, 0.15) is 58.3 Å². The summed E-state index contributed by atoms with van der Waals surface area (Å²) < 4.78 is 0. The summed E-state index contributed by atoms with van der Waals surface area (Å²) in [6.07, 6.45) is 11.7. The van der Waals surface area contributed by atoms with Gasteiger partial charge in [0.05, 0.1) is 0 Å². The summed E-state index contributed by atoms with van der Waals surface area (Å²) in [7, 11) is 2.18. The second-order valence-corrected chi connectivity index (χ2v) is 7.62. The van der Waals surface area contributed by atoms with Gasteiger partial charge in [0.25, 0.3) is 0 Å². The molecule has 0 spiro atoms. The maximum absolute atomic E-state index is 4.08. The molecule has 1 N–H and O–H groups in total. The van der Waals surface area contributed by atoms with Crippen molar-refractivity contribution in [2.75, 3.05) is 7.05 Å². The third-order valence-electron chi connectivity index (χ3n) is 6.03. The van der Waals surface area contributed by atoms with Crippen LogP contribution in [0.15, 0.2) is 12.2 Å². The Kier molecular flexibility index (Phi) is 3.30. The van der Waals surface area contributed by atoms with Gasteiger partial charge in [0.15, 0.2) is 0 Å². The first-order valence-corrected chi connectivity index (χ1v) is 7.93. The highest BCUT2D eigenvalue weighted by atomic mass is 14.9. The second-order valence-electron chi connectivity index (χ2n) is 7.62. The van der Waals surface area contributed by atoms with Crippen molar-refractivity contribution < 1.29 is 0 Å². The number of allylic oxidation sites excluding steroid dienone is 1. The van der Waals surface area contributed by atoms with Crippen molar-refractivity contribution in [2.45, 2.75) is 64.3 Å². The quantitative estimate of drug-likeness (QED) is 0.720. The number of rotatable bonds is 5. The zero-order valence-electron chi connectivity index (χ0n) is 12.2. The van der Waals surface area contributed by atoms with Crippen molar-refractivity contribution in [1.82, 2.24) is 5.32 Å². The van der Waals surface area contributed by atoms with Crippen molar-refractivity contribution >= 4 is 0 Å². The van der Waals surface area contributed by atoms with Crippen molar-refractivity contribution in [2.24, 2.45) is 23.2 Å². The Morgan fingerprint density at radius 3 is 2.06 bits per heavy atom. The van der Waals surface area contributed by atoms with E-state index >= 15 is 0 Å². The monoisotopic (exact) mass is 247 g/mol. The summed E-state index contributed by atoms with van der Waals surface area (Å²) in [4.78, 5) is 0. The van der Waals surface area contributed by atoms with Crippen LogP contribution in [0.4, 0.5) is 0 Å². The zero-order valence-corrected chi connectivity index (χ0v) is 12.2. The lowest BCUT2D eigenvalue weighted by atomic mass is 9.47. The lowest BCUT2D eigenvalue weighted by Gasteiger charge is -2.59. The minimum atomic E-state index is 0.652. The maximum atomic E-state index is 4.08. The predicted octanol–water partition coefficient (Wildman–Crippen LogP) is 4.15. The molecule has 4 bridgehead atoms. The number of nitrogens with one attached hydrogen (secondary N) is 1. The normalized spacial score (nSPS) is 43.1. The van der Waals surface area contributed by atoms with E-state index in [4.69, 9.17) is 0 Å². The molecule has 4 rings (SSSR count). The molecule has 0 aromatic carbocycles. The van der Waals surface area contributed by atoms with Gasteiger partial charge in [0.1, 0.15) is 0 Å². The highest BCUT2D eigenvalue weighted by Crippen LogP contribution is 2.61. The summed E-state index contributed by atoms with van der Waals surface area (Å²) in [5, 5.41) is 3.67. The molecule has 1 atom stereocenters. The Morgan fingerprint density at radius 1 is 1.17 bits per heavy atom. The van der Waals surface area contributed by atoms with Gasteiger partial charge < -0.3 is 5.32 Å². The molecule has 18 heavy (non-hydrogen) atoms. The molecule has 102 valence electrons. The van der Waals surface area contributed by atoms with Crippen molar-refractivity contribution in [3.05, 3.63) is 12.2 Å². The lowest BCUT2D eigenvalue weighted by molar-refractivity contribution is -0.0738. The van der Waals surface area contributed by atoms with Crippen LogP contribution in [0.3, 0.4) is 0 Å². The lowest BCUT2D eigenvalue weighted by Crippen LogP contribution is -2.55. The maximum Gasteiger partial charge on any atom is 0.0124 e. The van der Waals surface area contributed by atoms with Gasteiger partial charge in [-0.1, -0.05) is 5.57 Å². The Bertz CT molecular complexity index is 295. The predicted molar refractivity (Wildman–Crippen MR) is 77.5 cm³/mol. The van der Waals surface area contributed by atoms with Crippen molar-refractivity contribution in [3.8, 4) is 0 Å². The Morgan fingerprint density at radius 2 is 1.67 bits per heavy atom. The number of hydrogen-bond donors (Lipinski definition) is 1. The Balaban J connectivity index is 1.74. The Hall–Kier alpha value is -0.300. The molecule has 1 heteroatoms. The highest BCUT2D eigenvalue weighted by molar-refractivity contribution is 5.06. The van der Waals surface area contributed by atoms with E-state index in [0.29, 0.717) is 5.41 Å². The molecule has 1 nitrogen and oxygen atoms in total. The summed E-state index contributed by atoms with van der Waals surface area (Å²) in [6.45, 7) is 6.25. The fourth-order valence-corrected chi connectivity index (χ4v) is 5.75. The standard InChI is InChI=1S/C17H29N/c1-12(2)4-5-16(18-3)17-9-13-6-14(10-17)8-15(7-13)11-17/h13-16,18H,1,4-11H2,2-3H3. The van der Waals surface area contributed by atoms with Crippen LogP contribution in [-0.2, 0) is 0 Å². The molecule has 4 aliphatic rings. The van der Waals surface area contributed by atoms with E-state index in [2.05, 4.69) is 25.9 Å². The van der Waals surface area contributed by atoms with Crippen LogP contribution < -0.4 is 5.32 Å². The molecule has 0 aromatic heterocycles. The Labute approximate surface area is 112 Å². The molecule has 0 radical (unpaired) electrons. The van der Waals surface area contributed by atoms with E-state index in [-0.39, 0.29) is 0 Å². The molecule has 0 saturated heterocycles. The zero-order chi connectivity index (χ0) is 12.8. The van der Waals surface area contributed by atoms with Crippen LogP contribution in [0.25, 0.3) is 0 Å². The van der Waals surface area contributed by atoms with Crippen LogP contribution in [0, 0.1) is 23.2 Å². The molecule has 4 aliphatic carbocycles. The molecule has 4 saturated carbocycles. The molecule has 4 fully saturated rings. The van der Waals surface area contributed by atoms with E-state index in [1.807, 2.05) is 0 Å². The van der Waals surface area contributed by atoms with Crippen LogP contribution >= 0.6 is 0 Å². The van der Waals surface area contributed by atoms with Crippen LogP contribution in [-0.4, -0.2) is 13.1 Å². The molecule has 1 unspecified atom stereocenters. The van der Waals surface area contributed by atoms with Gasteiger partial charge >= 0.3 is 0 Å². The van der Waals surface area contributed by atoms with Gasteiger partial charge in [-0.15, -0.1) is 6.58 Å². The largest absolute Gasteiger partial charge is 0.316 e. The van der Waals surface area contributed by atoms with Crippen molar-refractivity contribution in [1.29, 1.82) is 0 Å². The van der Waals surface area contributed by atoms with Gasteiger partial charge in [0, 0.05) is 6.04 Å². The van der Waals surface area contributed by atoms with E-state index in [0.717, 1.165) is 23.8 Å². The van der Waals surface area contributed by atoms with Gasteiger partial charge in [0.2, 0.25) is 0 Å². The fourth-order valence-electron chi connectivity index (χ4n) is 5.75. The van der Waals surface area contributed by atoms with Crippen LogP contribution in [0.2, 0.25) is 0 Å². The molecule has 0 aromatic rings. The van der Waals surface area contributed by atoms with Gasteiger partial charge in [-0.2, -0.15) is 0 Å². The van der Waals surface area contributed by atoms with Gasteiger partial charge in [-0.25, -0.2) is 0 Å². The number of hydrogen-bond acceptors (Lipinski definition) is 1. The van der Waals surface area contributed by atoms with Crippen LogP contribution in [0.5, 0.6) is 0 Å². The average Bonchev–Trinajstić information content (AvgIpc) is 2.26. The van der Waals surface area contributed by atoms with Gasteiger partial charge in [-0.3, -0.25) is 0 Å². The molecule has 0 heterocycles. The fraction of sp³-hybridized carbons (Fsp3) is 0.882. The molecule has 0 amide bonds. The minimum absolute atomic E-state index is 0.652. The second kappa shape index (κ2) is 4.67. The van der Waals surface area contributed by atoms with E-state index in [1.165, 1.54) is 37.7 Å². The third-order valence-corrected chi connectivity index (χ3v) is 6.03. The first-order valence-electron chi connectivity index (χ1n) is 7.93. The summed E-state index contributed by atoms with van der Waals surface area (Å²) in [6, 6.07) is 0.739. The molecular weight excluding hydrogens is 218 g/mol. The average molecular weight is 247 g/mol. The third kappa shape index (κ3) is 2.15. The van der Waals surface area contributed by atoms with E-state index in [9.17, 15) is 0 Å².